The zero-order chi connectivity index (χ0) is 11.5. The Hall–Kier alpha value is -1.08. The molecule has 1 aromatic rings. The van der Waals surface area contributed by atoms with Crippen molar-refractivity contribution < 1.29 is 25.8 Å². The summed E-state index contributed by atoms with van der Waals surface area (Å²) in [6.45, 7) is 0. The molecule has 1 unspecified atom stereocenters. The first-order valence-electron chi connectivity index (χ1n) is 3.76. The summed E-state index contributed by atoms with van der Waals surface area (Å²) in [7, 11) is -3.57. The standard InChI is InChI=1S/C8H6F3O3S/c9-8(10,11)7(14-15(12)13)6-4-2-1-3-5-6/h1-4,7,15H. The molecule has 0 amide bonds. The van der Waals surface area contributed by atoms with Gasteiger partial charge in [0.1, 0.15) is 0 Å². The van der Waals surface area contributed by atoms with Gasteiger partial charge in [0, 0.05) is 0 Å². The maximum absolute atomic E-state index is 12.4. The Morgan fingerprint density at radius 1 is 1.33 bits per heavy atom. The predicted molar refractivity (Wildman–Crippen MR) is 45.5 cm³/mol. The summed E-state index contributed by atoms with van der Waals surface area (Å²) < 4.78 is 61.1. The van der Waals surface area contributed by atoms with Crippen LogP contribution in [0.2, 0.25) is 0 Å². The van der Waals surface area contributed by atoms with Crippen molar-refractivity contribution in [1.29, 1.82) is 0 Å². The van der Waals surface area contributed by atoms with E-state index in [2.05, 4.69) is 10.2 Å². The highest BCUT2D eigenvalue weighted by Gasteiger charge is 2.43. The second-order valence-electron chi connectivity index (χ2n) is 2.57. The molecule has 0 N–H and O–H groups in total. The molecule has 0 saturated heterocycles. The zero-order valence-corrected chi connectivity index (χ0v) is 8.09. The van der Waals surface area contributed by atoms with Gasteiger partial charge >= 0.3 is 6.18 Å². The molecular weight excluding hydrogens is 233 g/mol. The molecule has 1 rings (SSSR count). The molecule has 15 heavy (non-hydrogen) atoms. The molecule has 0 bridgehead atoms. The van der Waals surface area contributed by atoms with E-state index < -0.39 is 23.3 Å². The fraction of sp³-hybridized carbons (Fsp3) is 0.250. The third kappa shape index (κ3) is 3.52. The molecule has 0 aliphatic rings. The van der Waals surface area contributed by atoms with Crippen molar-refractivity contribution in [2.75, 3.05) is 0 Å². The lowest BCUT2D eigenvalue weighted by molar-refractivity contribution is -0.196. The summed E-state index contributed by atoms with van der Waals surface area (Å²) >= 11 is 0. The van der Waals surface area contributed by atoms with Gasteiger partial charge in [-0.15, -0.1) is 0 Å². The van der Waals surface area contributed by atoms with Crippen molar-refractivity contribution in [3.8, 4) is 0 Å². The Morgan fingerprint density at radius 2 is 2.00 bits per heavy atom. The maximum atomic E-state index is 12.4. The molecule has 0 aliphatic heterocycles. The highest BCUT2D eigenvalue weighted by atomic mass is 32.2. The molecule has 83 valence electrons. The van der Waals surface area contributed by atoms with Gasteiger partial charge in [0.05, 0.1) is 0 Å². The molecular formula is C8H6F3O3S. The van der Waals surface area contributed by atoms with E-state index in [1.165, 1.54) is 18.2 Å². The van der Waals surface area contributed by atoms with Crippen molar-refractivity contribution in [1.82, 2.24) is 0 Å². The Balaban J connectivity index is 3.02. The lowest BCUT2D eigenvalue weighted by atomic mass is 10.1. The van der Waals surface area contributed by atoms with Crippen LogP contribution >= 0.6 is 0 Å². The molecule has 0 aromatic heterocycles. The summed E-state index contributed by atoms with van der Waals surface area (Å²) in [5.74, 6) is 0. The molecule has 0 spiro atoms. The van der Waals surface area contributed by atoms with E-state index in [0.717, 1.165) is 6.07 Å². The number of hydrogen-bond donors (Lipinski definition) is 1. The van der Waals surface area contributed by atoms with E-state index in [-0.39, 0.29) is 5.56 Å². The quantitative estimate of drug-likeness (QED) is 0.815. The lowest BCUT2D eigenvalue weighted by Gasteiger charge is -2.17. The van der Waals surface area contributed by atoms with Gasteiger partial charge in [0.15, 0.2) is 6.10 Å². The monoisotopic (exact) mass is 239 g/mol. The van der Waals surface area contributed by atoms with Crippen LogP contribution in [0.25, 0.3) is 0 Å². The third-order valence-electron chi connectivity index (χ3n) is 1.50. The number of rotatable bonds is 3. The van der Waals surface area contributed by atoms with Gasteiger partial charge in [0.2, 0.25) is 0 Å². The largest absolute Gasteiger partial charge is 0.420 e. The van der Waals surface area contributed by atoms with Crippen LogP contribution < -0.4 is 0 Å². The summed E-state index contributed by atoms with van der Waals surface area (Å²) in [5, 5.41) is 0. The zero-order valence-electron chi connectivity index (χ0n) is 7.19. The van der Waals surface area contributed by atoms with Gasteiger partial charge < -0.3 is 0 Å². The van der Waals surface area contributed by atoms with E-state index in [0.29, 0.717) is 0 Å². The highest BCUT2D eigenvalue weighted by molar-refractivity contribution is 7.67. The Kier molecular flexibility index (Phi) is 3.70. The molecule has 0 fully saturated rings. The number of halogens is 3. The molecule has 1 radical (unpaired) electrons. The first-order chi connectivity index (χ1) is 6.91. The molecule has 7 heteroatoms. The fourth-order valence-electron chi connectivity index (χ4n) is 0.949. The molecule has 0 aliphatic carbocycles. The average molecular weight is 239 g/mol. The second kappa shape index (κ2) is 4.63. The normalized spacial score (nSPS) is 14.1. The van der Waals surface area contributed by atoms with Crippen molar-refractivity contribution >= 4 is 11.0 Å². The van der Waals surface area contributed by atoms with Crippen molar-refractivity contribution in [2.45, 2.75) is 12.3 Å². The molecule has 1 aromatic carbocycles. The topological polar surface area (TPSA) is 43.4 Å². The molecule has 0 heterocycles. The highest BCUT2D eigenvalue weighted by Crippen LogP contribution is 2.35. The average Bonchev–Trinajstić information content (AvgIpc) is 2.14. The van der Waals surface area contributed by atoms with Crippen LogP contribution in [0, 0.1) is 6.07 Å². The summed E-state index contributed by atoms with van der Waals surface area (Å²) in [6.07, 6.45) is -7.27. The van der Waals surface area contributed by atoms with Crippen LogP contribution in [-0.4, -0.2) is 14.6 Å². The summed E-state index contributed by atoms with van der Waals surface area (Å²) in [5.41, 5.74) is -0.371. The first-order valence-corrected chi connectivity index (χ1v) is 4.85. The summed E-state index contributed by atoms with van der Waals surface area (Å²) in [6, 6.07) is 7.41. The predicted octanol–water partition coefficient (Wildman–Crippen LogP) is 1.63. The van der Waals surface area contributed by atoms with Gasteiger partial charge in [-0.1, -0.05) is 24.3 Å². The van der Waals surface area contributed by atoms with Crippen LogP contribution in [0.3, 0.4) is 0 Å². The van der Waals surface area contributed by atoms with E-state index >= 15 is 0 Å². The Morgan fingerprint density at radius 3 is 2.40 bits per heavy atom. The maximum Gasteiger partial charge on any atom is 0.420 e. The molecule has 1 atom stereocenters. The van der Waals surface area contributed by atoms with E-state index in [1.54, 1.807) is 0 Å². The number of hydrogen-bond acceptors (Lipinski definition) is 3. The van der Waals surface area contributed by atoms with Crippen LogP contribution in [0.4, 0.5) is 13.2 Å². The lowest BCUT2D eigenvalue weighted by Crippen LogP contribution is -2.23. The first kappa shape index (κ1) is 12.0. The van der Waals surface area contributed by atoms with Crippen LogP contribution in [-0.2, 0) is 15.2 Å². The number of alkyl halides is 3. The Labute approximate surface area is 85.6 Å². The smallest absolute Gasteiger partial charge is 0.254 e. The second-order valence-corrected chi connectivity index (χ2v) is 3.23. The van der Waals surface area contributed by atoms with Crippen molar-refractivity contribution in [3.05, 3.63) is 35.9 Å². The van der Waals surface area contributed by atoms with Gasteiger partial charge in [-0.05, 0) is 11.6 Å². The summed E-state index contributed by atoms with van der Waals surface area (Å²) in [4.78, 5) is 0. The number of benzene rings is 1. The SMILES string of the molecule is O=[SH](=O)OC(c1[c]cccc1)C(F)(F)F. The van der Waals surface area contributed by atoms with Crippen molar-refractivity contribution in [2.24, 2.45) is 0 Å². The van der Waals surface area contributed by atoms with Gasteiger partial charge in [-0.2, -0.15) is 13.2 Å². The minimum absolute atomic E-state index is 0.371. The van der Waals surface area contributed by atoms with E-state index in [9.17, 15) is 21.6 Å². The minimum Gasteiger partial charge on any atom is -0.254 e. The Bertz CT molecular complexity index is 378. The van der Waals surface area contributed by atoms with Gasteiger partial charge in [-0.25, -0.2) is 8.42 Å². The molecule has 3 nitrogen and oxygen atoms in total. The number of thiol groups is 1. The van der Waals surface area contributed by atoms with E-state index in [4.69, 9.17) is 0 Å². The van der Waals surface area contributed by atoms with E-state index in [1.807, 2.05) is 0 Å². The van der Waals surface area contributed by atoms with Gasteiger partial charge in [0.25, 0.3) is 11.0 Å². The minimum atomic E-state index is -4.78. The van der Waals surface area contributed by atoms with Crippen LogP contribution in [0.1, 0.15) is 11.7 Å². The van der Waals surface area contributed by atoms with Gasteiger partial charge in [-0.3, -0.25) is 4.18 Å². The fourth-order valence-corrected chi connectivity index (χ4v) is 1.35. The molecule has 0 saturated carbocycles. The van der Waals surface area contributed by atoms with Crippen LogP contribution in [0.5, 0.6) is 0 Å². The third-order valence-corrected chi connectivity index (χ3v) is 1.89. The van der Waals surface area contributed by atoms with Crippen LogP contribution in [0.15, 0.2) is 24.3 Å². The van der Waals surface area contributed by atoms with Crippen molar-refractivity contribution in [3.63, 3.8) is 0 Å².